The van der Waals surface area contributed by atoms with Gasteiger partial charge >= 0.3 is 5.97 Å². The first-order valence-corrected chi connectivity index (χ1v) is 9.14. The second-order valence-corrected chi connectivity index (χ2v) is 6.96. The molecule has 28 heavy (non-hydrogen) atoms. The van der Waals surface area contributed by atoms with Gasteiger partial charge in [-0.15, -0.1) is 0 Å². The smallest absolute Gasteiger partial charge is 0.323 e. The number of nitrogens with zero attached hydrogens (tertiary/aromatic N) is 2. The Morgan fingerprint density at radius 1 is 1.07 bits per heavy atom. The van der Waals surface area contributed by atoms with E-state index >= 15 is 0 Å². The van der Waals surface area contributed by atoms with Gasteiger partial charge in [-0.3, -0.25) is 24.2 Å². The van der Waals surface area contributed by atoms with Crippen molar-refractivity contribution in [3.63, 3.8) is 0 Å². The Balaban J connectivity index is 1.59. The van der Waals surface area contributed by atoms with Crippen LogP contribution >= 0.6 is 0 Å². The third-order valence-corrected chi connectivity index (χ3v) is 5.23. The van der Waals surface area contributed by atoms with Crippen molar-refractivity contribution in [2.45, 2.75) is 19.0 Å². The van der Waals surface area contributed by atoms with E-state index < -0.39 is 6.04 Å². The van der Waals surface area contributed by atoms with E-state index in [0.29, 0.717) is 24.3 Å². The standard InChI is InChI=1S/C21H21N3O4/c1-28-21(27)18-10-14-6-2-3-7-15(14)11-23(18)13-20(26)24-12-19(25)22-16-8-4-5-9-17(16)24/h2-9,18H,10-13H2,1H3,(H,22,25)/t18-/m0/s1. The van der Waals surface area contributed by atoms with Crippen LogP contribution in [0.1, 0.15) is 11.1 Å². The van der Waals surface area contributed by atoms with Gasteiger partial charge < -0.3 is 10.1 Å². The highest BCUT2D eigenvalue weighted by molar-refractivity contribution is 6.10. The number of amides is 2. The summed E-state index contributed by atoms with van der Waals surface area (Å²) in [5.41, 5.74) is 3.45. The van der Waals surface area contributed by atoms with Crippen LogP contribution in [-0.2, 0) is 32.1 Å². The number of carbonyl (C=O) groups excluding carboxylic acids is 3. The zero-order valence-electron chi connectivity index (χ0n) is 15.6. The number of hydrogen-bond acceptors (Lipinski definition) is 5. The highest BCUT2D eigenvalue weighted by Gasteiger charge is 2.35. The molecule has 0 saturated heterocycles. The largest absolute Gasteiger partial charge is 0.468 e. The Bertz CT molecular complexity index is 943. The Labute approximate surface area is 162 Å². The summed E-state index contributed by atoms with van der Waals surface area (Å²) in [4.78, 5) is 40.8. The Morgan fingerprint density at radius 2 is 1.79 bits per heavy atom. The van der Waals surface area contributed by atoms with Gasteiger partial charge in [-0.25, -0.2) is 0 Å². The lowest BCUT2D eigenvalue weighted by molar-refractivity contribution is -0.148. The highest BCUT2D eigenvalue weighted by Crippen LogP contribution is 2.30. The number of para-hydroxylation sites is 2. The molecule has 2 aromatic rings. The average molecular weight is 379 g/mol. The lowest BCUT2D eigenvalue weighted by Crippen LogP contribution is -2.52. The van der Waals surface area contributed by atoms with Crippen LogP contribution in [0.3, 0.4) is 0 Å². The molecule has 1 atom stereocenters. The van der Waals surface area contributed by atoms with Crippen LogP contribution < -0.4 is 10.2 Å². The van der Waals surface area contributed by atoms with E-state index in [1.54, 1.807) is 12.1 Å². The van der Waals surface area contributed by atoms with E-state index in [9.17, 15) is 14.4 Å². The van der Waals surface area contributed by atoms with Crippen molar-refractivity contribution in [3.8, 4) is 0 Å². The van der Waals surface area contributed by atoms with Crippen molar-refractivity contribution in [1.82, 2.24) is 4.90 Å². The molecule has 0 aliphatic carbocycles. The molecular formula is C21H21N3O4. The number of hydrogen-bond donors (Lipinski definition) is 1. The monoisotopic (exact) mass is 379 g/mol. The van der Waals surface area contributed by atoms with Gasteiger partial charge in [0.1, 0.15) is 12.6 Å². The molecule has 2 amide bonds. The number of methoxy groups -OCH3 is 1. The maximum absolute atomic E-state index is 13.1. The first-order chi connectivity index (χ1) is 13.6. The molecule has 0 spiro atoms. The van der Waals surface area contributed by atoms with Crippen molar-refractivity contribution < 1.29 is 19.1 Å². The summed E-state index contributed by atoms with van der Waals surface area (Å²) in [7, 11) is 1.36. The van der Waals surface area contributed by atoms with E-state index in [1.807, 2.05) is 41.3 Å². The molecule has 2 heterocycles. The summed E-state index contributed by atoms with van der Waals surface area (Å²) >= 11 is 0. The molecule has 1 N–H and O–H groups in total. The summed E-state index contributed by atoms with van der Waals surface area (Å²) in [5.74, 6) is -0.824. The minimum atomic E-state index is -0.530. The van der Waals surface area contributed by atoms with Crippen LogP contribution in [0.2, 0.25) is 0 Å². The minimum Gasteiger partial charge on any atom is -0.468 e. The van der Waals surface area contributed by atoms with Crippen molar-refractivity contribution >= 4 is 29.2 Å². The van der Waals surface area contributed by atoms with Crippen LogP contribution in [0.25, 0.3) is 0 Å². The SMILES string of the molecule is COC(=O)[C@@H]1Cc2ccccc2CN1CC(=O)N1CC(=O)Nc2ccccc21. The first-order valence-electron chi connectivity index (χ1n) is 9.14. The molecular weight excluding hydrogens is 358 g/mol. The van der Waals surface area contributed by atoms with E-state index in [1.165, 1.54) is 12.0 Å². The number of benzene rings is 2. The summed E-state index contributed by atoms with van der Waals surface area (Å²) in [6.45, 7) is 0.461. The van der Waals surface area contributed by atoms with Crippen LogP contribution in [-0.4, -0.2) is 48.9 Å². The molecule has 2 aliphatic rings. The number of ether oxygens (including phenoxy) is 1. The average Bonchev–Trinajstić information content (AvgIpc) is 2.72. The quantitative estimate of drug-likeness (QED) is 0.819. The van der Waals surface area contributed by atoms with Crippen molar-refractivity contribution in [3.05, 3.63) is 59.7 Å². The van der Waals surface area contributed by atoms with E-state index in [4.69, 9.17) is 4.74 Å². The van der Waals surface area contributed by atoms with E-state index in [0.717, 1.165) is 11.1 Å². The normalized spacial score (nSPS) is 18.7. The summed E-state index contributed by atoms with van der Waals surface area (Å²) in [6.07, 6.45) is 0.493. The molecule has 0 fully saturated rings. The Kier molecular flexibility index (Phi) is 4.83. The summed E-state index contributed by atoms with van der Waals surface area (Å²) < 4.78 is 4.97. The van der Waals surface area contributed by atoms with Crippen LogP contribution in [0, 0.1) is 0 Å². The number of esters is 1. The molecule has 2 aromatic carbocycles. The molecule has 7 heteroatoms. The number of fused-ring (bicyclic) bond motifs is 2. The van der Waals surface area contributed by atoms with Crippen molar-refractivity contribution in [2.75, 3.05) is 30.4 Å². The van der Waals surface area contributed by atoms with Crippen LogP contribution in [0.15, 0.2) is 48.5 Å². The highest BCUT2D eigenvalue weighted by atomic mass is 16.5. The number of anilines is 2. The molecule has 0 bridgehead atoms. The number of rotatable bonds is 3. The fourth-order valence-corrected chi connectivity index (χ4v) is 3.83. The number of nitrogens with one attached hydrogen (secondary N) is 1. The lowest BCUT2D eigenvalue weighted by atomic mass is 9.94. The van der Waals surface area contributed by atoms with Gasteiger partial charge in [-0.2, -0.15) is 0 Å². The molecule has 0 radical (unpaired) electrons. The van der Waals surface area contributed by atoms with Gasteiger partial charge in [-0.05, 0) is 29.7 Å². The van der Waals surface area contributed by atoms with E-state index in [2.05, 4.69) is 5.32 Å². The fourth-order valence-electron chi connectivity index (χ4n) is 3.83. The van der Waals surface area contributed by atoms with Gasteiger partial charge in [0.05, 0.1) is 25.0 Å². The third-order valence-electron chi connectivity index (χ3n) is 5.23. The predicted octanol–water partition coefficient (Wildman–Crippen LogP) is 1.57. The van der Waals surface area contributed by atoms with Gasteiger partial charge in [0.2, 0.25) is 11.8 Å². The third kappa shape index (κ3) is 3.36. The maximum Gasteiger partial charge on any atom is 0.323 e. The molecule has 0 unspecified atom stereocenters. The van der Waals surface area contributed by atoms with Crippen molar-refractivity contribution in [1.29, 1.82) is 0 Å². The minimum absolute atomic E-state index is 0.0235. The Morgan fingerprint density at radius 3 is 2.57 bits per heavy atom. The van der Waals surface area contributed by atoms with Gasteiger partial charge in [0, 0.05) is 6.54 Å². The summed E-state index contributed by atoms with van der Waals surface area (Å²) in [6, 6.07) is 14.6. The van der Waals surface area contributed by atoms with Crippen molar-refractivity contribution in [2.24, 2.45) is 0 Å². The van der Waals surface area contributed by atoms with Gasteiger partial charge in [0.15, 0.2) is 0 Å². The van der Waals surface area contributed by atoms with Crippen LogP contribution in [0.5, 0.6) is 0 Å². The molecule has 0 aromatic heterocycles. The fraction of sp³-hybridized carbons (Fsp3) is 0.286. The molecule has 0 saturated carbocycles. The molecule has 7 nitrogen and oxygen atoms in total. The molecule has 144 valence electrons. The first kappa shape index (κ1) is 18.2. The zero-order valence-corrected chi connectivity index (χ0v) is 15.6. The molecule has 2 aliphatic heterocycles. The van der Waals surface area contributed by atoms with Crippen LogP contribution in [0.4, 0.5) is 11.4 Å². The second-order valence-electron chi connectivity index (χ2n) is 6.96. The second kappa shape index (κ2) is 7.44. The van der Waals surface area contributed by atoms with Gasteiger partial charge in [-0.1, -0.05) is 36.4 Å². The molecule has 4 rings (SSSR count). The van der Waals surface area contributed by atoms with E-state index in [-0.39, 0.29) is 30.9 Å². The topological polar surface area (TPSA) is 79.0 Å². The summed E-state index contributed by atoms with van der Waals surface area (Å²) in [5, 5.41) is 2.78. The van der Waals surface area contributed by atoms with Gasteiger partial charge in [0.25, 0.3) is 0 Å². The number of carbonyl (C=O) groups is 3. The lowest BCUT2D eigenvalue weighted by Gasteiger charge is -2.36. The predicted molar refractivity (Wildman–Crippen MR) is 104 cm³/mol. The maximum atomic E-state index is 13.1. The zero-order chi connectivity index (χ0) is 19.7. The Hall–Kier alpha value is -3.19.